The average molecular weight is 414 g/mol. The molecular weight excluding hydrogens is 374 g/mol. The quantitative estimate of drug-likeness (QED) is 0.305. The molecule has 0 bridgehead atoms. The highest BCUT2D eigenvalue weighted by molar-refractivity contribution is 6.05. The molecule has 0 spiro atoms. The van der Waals surface area contributed by atoms with E-state index in [1.807, 2.05) is 20.9 Å². The zero-order valence-electron chi connectivity index (χ0n) is 18.8. The Bertz CT molecular complexity index is 575. The third-order valence-corrected chi connectivity index (χ3v) is 4.49. The van der Waals surface area contributed by atoms with Crippen LogP contribution in [-0.4, -0.2) is 80.3 Å². The van der Waals surface area contributed by atoms with E-state index in [4.69, 9.17) is 4.74 Å². The second kappa shape index (κ2) is 11.6. The van der Waals surface area contributed by atoms with Crippen molar-refractivity contribution in [3.05, 3.63) is 0 Å². The fourth-order valence-electron chi connectivity index (χ4n) is 2.72. The van der Waals surface area contributed by atoms with Gasteiger partial charge in [0.25, 0.3) is 0 Å². The molecule has 0 radical (unpaired) electrons. The van der Waals surface area contributed by atoms with Crippen molar-refractivity contribution in [1.82, 2.24) is 21.0 Å². The zero-order valence-corrected chi connectivity index (χ0v) is 18.8. The molecule has 1 unspecified atom stereocenters. The predicted octanol–water partition coefficient (Wildman–Crippen LogP) is 0.297. The second-order valence-corrected chi connectivity index (χ2v) is 9.30. The Morgan fingerprint density at radius 3 is 2.45 bits per heavy atom. The van der Waals surface area contributed by atoms with Gasteiger partial charge in [-0.05, 0) is 14.0 Å². The number of hydrazone groups is 1. The van der Waals surface area contributed by atoms with Crippen molar-refractivity contribution < 1.29 is 19.4 Å². The molecule has 0 saturated heterocycles. The van der Waals surface area contributed by atoms with Crippen LogP contribution < -0.4 is 16.0 Å². The SMILES string of the molecule is CNCCC1=NN(CC(=O)NCC(C)(C)COCC(C)(C)CNC(C)O)C(=O)C1. The molecular formula is C20H39N5O4. The Balaban J connectivity index is 2.34. The van der Waals surface area contributed by atoms with Crippen molar-refractivity contribution in [3.63, 3.8) is 0 Å². The van der Waals surface area contributed by atoms with E-state index in [-0.39, 0.29) is 35.6 Å². The van der Waals surface area contributed by atoms with Gasteiger partial charge in [0.2, 0.25) is 11.8 Å². The number of carbonyl (C=O) groups excluding carboxylic acids is 2. The highest BCUT2D eigenvalue weighted by Crippen LogP contribution is 2.19. The molecule has 4 N–H and O–H groups in total. The summed E-state index contributed by atoms with van der Waals surface area (Å²) in [6.07, 6.45) is 0.439. The van der Waals surface area contributed by atoms with E-state index in [0.717, 1.165) is 12.3 Å². The fourth-order valence-corrected chi connectivity index (χ4v) is 2.72. The number of nitrogens with zero attached hydrogens (tertiary/aromatic N) is 2. The molecule has 9 nitrogen and oxygen atoms in total. The van der Waals surface area contributed by atoms with Crippen LogP contribution in [0.4, 0.5) is 0 Å². The first kappa shape index (κ1) is 25.5. The minimum Gasteiger partial charge on any atom is -0.380 e. The van der Waals surface area contributed by atoms with Gasteiger partial charge in [-0.3, -0.25) is 14.9 Å². The van der Waals surface area contributed by atoms with Crippen LogP contribution in [0.3, 0.4) is 0 Å². The molecule has 1 heterocycles. The number of amides is 2. The lowest BCUT2D eigenvalue weighted by molar-refractivity contribution is -0.134. The molecule has 0 aromatic rings. The Hall–Kier alpha value is -1.55. The zero-order chi connectivity index (χ0) is 22.1. The Morgan fingerprint density at radius 1 is 1.24 bits per heavy atom. The number of hydrogen-bond donors (Lipinski definition) is 4. The Labute approximate surface area is 174 Å². The van der Waals surface area contributed by atoms with E-state index in [1.165, 1.54) is 5.01 Å². The van der Waals surface area contributed by atoms with Gasteiger partial charge in [-0.25, -0.2) is 5.01 Å². The van der Waals surface area contributed by atoms with Gasteiger partial charge < -0.3 is 20.5 Å². The molecule has 0 saturated carbocycles. The predicted molar refractivity (Wildman–Crippen MR) is 113 cm³/mol. The molecule has 29 heavy (non-hydrogen) atoms. The summed E-state index contributed by atoms with van der Waals surface area (Å²) in [5, 5.41) is 23.7. The van der Waals surface area contributed by atoms with Crippen LogP contribution in [0.15, 0.2) is 5.10 Å². The van der Waals surface area contributed by atoms with Gasteiger partial charge in [-0.2, -0.15) is 5.10 Å². The third kappa shape index (κ3) is 10.7. The summed E-state index contributed by atoms with van der Waals surface area (Å²) < 4.78 is 5.86. The van der Waals surface area contributed by atoms with Crippen molar-refractivity contribution in [2.45, 2.75) is 53.7 Å². The van der Waals surface area contributed by atoms with Gasteiger partial charge in [0, 0.05) is 42.6 Å². The summed E-state index contributed by atoms with van der Waals surface area (Å²) in [5.41, 5.74) is 0.438. The number of aliphatic hydroxyl groups is 1. The number of ether oxygens (including phenoxy) is 1. The lowest BCUT2D eigenvalue weighted by Crippen LogP contribution is -2.42. The third-order valence-electron chi connectivity index (χ3n) is 4.49. The average Bonchev–Trinajstić information content (AvgIpc) is 2.96. The lowest BCUT2D eigenvalue weighted by Gasteiger charge is -2.30. The summed E-state index contributed by atoms with van der Waals surface area (Å²) in [6, 6.07) is 0. The largest absolute Gasteiger partial charge is 0.380 e. The number of rotatable bonds is 14. The summed E-state index contributed by atoms with van der Waals surface area (Å²) >= 11 is 0. The molecule has 0 fully saturated rings. The van der Waals surface area contributed by atoms with Gasteiger partial charge in [0.05, 0.1) is 19.6 Å². The highest BCUT2D eigenvalue weighted by Gasteiger charge is 2.27. The molecule has 2 amide bonds. The minimum atomic E-state index is -0.549. The normalized spacial score (nSPS) is 16.2. The van der Waals surface area contributed by atoms with E-state index < -0.39 is 6.23 Å². The van der Waals surface area contributed by atoms with Crippen LogP contribution in [0.2, 0.25) is 0 Å². The van der Waals surface area contributed by atoms with E-state index in [9.17, 15) is 14.7 Å². The monoisotopic (exact) mass is 413 g/mol. The Morgan fingerprint density at radius 2 is 1.86 bits per heavy atom. The minimum absolute atomic E-state index is 0.0587. The molecule has 0 aliphatic carbocycles. The second-order valence-electron chi connectivity index (χ2n) is 9.30. The summed E-state index contributed by atoms with van der Waals surface area (Å²) in [7, 11) is 1.85. The van der Waals surface area contributed by atoms with Gasteiger partial charge in [-0.1, -0.05) is 27.7 Å². The summed E-state index contributed by atoms with van der Waals surface area (Å²) in [6.45, 7) is 12.7. The van der Waals surface area contributed by atoms with Crippen LogP contribution in [0, 0.1) is 10.8 Å². The van der Waals surface area contributed by atoms with Crippen molar-refractivity contribution in [2.75, 3.05) is 46.4 Å². The van der Waals surface area contributed by atoms with Gasteiger partial charge in [0.15, 0.2) is 0 Å². The first-order valence-corrected chi connectivity index (χ1v) is 10.2. The van der Waals surface area contributed by atoms with Crippen LogP contribution in [0.25, 0.3) is 0 Å². The van der Waals surface area contributed by atoms with Crippen LogP contribution in [0.1, 0.15) is 47.5 Å². The molecule has 1 atom stereocenters. The molecule has 9 heteroatoms. The Kier molecular flexibility index (Phi) is 10.2. The van der Waals surface area contributed by atoms with Gasteiger partial charge in [-0.15, -0.1) is 0 Å². The molecule has 168 valence electrons. The van der Waals surface area contributed by atoms with Crippen LogP contribution in [-0.2, 0) is 14.3 Å². The summed E-state index contributed by atoms with van der Waals surface area (Å²) in [5.74, 6) is -0.367. The van der Waals surface area contributed by atoms with E-state index in [0.29, 0.717) is 32.7 Å². The number of carbonyl (C=O) groups is 2. The van der Waals surface area contributed by atoms with Gasteiger partial charge in [0.1, 0.15) is 12.8 Å². The van der Waals surface area contributed by atoms with E-state index >= 15 is 0 Å². The fraction of sp³-hybridized carbons (Fsp3) is 0.850. The molecule has 1 aliphatic heterocycles. The van der Waals surface area contributed by atoms with E-state index in [2.05, 4.69) is 34.9 Å². The summed E-state index contributed by atoms with van der Waals surface area (Å²) in [4.78, 5) is 24.2. The molecule has 0 aromatic heterocycles. The van der Waals surface area contributed by atoms with Crippen molar-refractivity contribution in [3.8, 4) is 0 Å². The molecule has 1 rings (SSSR count). The maximum atomic E-state index is 12.2. The first-order valence-electron chi connectivity index (χ1n) is 10.2. The standard InChI is InChI=1S/C20H39N5O4/c1-15(26)22-11-19(2,3)13-29-14-20(4,5)12-23-17(27)10-25-18(28)9-16(24-25)7-8-21-6/h15,21-22,26H,7-14H2,1-6H3,(H,23,27). The van der Waals surface area contributed by atoms with Crippen LogP contribution >= 0.6 is 0 Å². The molecule has 1 aliphatic rings. The maximum absolute atomic E-state index is 12.2. The lowest BCUT2D eigenvalue weighted by atomic mass is 9.93. The van der Waals surface area contributed by atoms with Crippen molar-refractivity contribution in [2.24, 2.45) is 15.9 Å². The topological polar surface area (TPSA) is 115 Å². The first-order chi connectivity index (χ1) is 13.4. The van der Waals surface area contributed by atoms with Crippen molar-refractivity contribution in [1.29, 1.82) is 0 Å². The van der Waals surface area contributed by atoms with E-state index in [1.54, 1.807) is 6.92 Å². The maximum Gasteiger partial charge on any atom is 0.248 e. The van der Waals surface area contributed by atoms with Gasteiger partial charge >= 0.3 is 0 Å². The smallest absolute Gasteiger partial charge is 0.248 e. The molecule has 0 aromatic carbocycles. The van der Waals surface area contributed by atoms with Crippen molar-refractivity contribution >= 4 is 17.5 Å². The van der Waals surface area contributed by atoms with Crippen LogP contribution in [0.5, 0.6) is 0 Å². The number of hydrogen-bond acceptors (Lipinski definition) is 7. The number of nitrogens with one attached hydrogen (secondary N) is 3. The number of aliphatic hydroxyl groups excluding tert-OH is 1. The highest BCUT2D eigenvalue weighted by atomic mass is 16.5.